The Bertz CT molecular complexity index is 1460. The van der Waals surface area contributed by atoms with Gasteiger partial charge in [-0.3, -0.25) is 4.98 Å². The Hall–Kier alpha value is -3.53. The topological polar surface area (TPSA) is 111 Å². The van der Waals surface area contributed by atoms with Crippen LogP contribution in [0.4, 0.5) is 11.6 Å². The van der Waals surface area contributed by atoms with Crippen LogP contribution >= 0.6 is 0 Å². The van der Waals surface area contributed by atoms with Crippen molar-refractivity contribution >= 4 is 27.0 Å². The van der Waals surface area contributed by atoms with E-state index < -0.39 is 9.84 Å². The fourth-order valence-corrected chi connectivity index (χ4v) is 6.07. The van der Waals surface area contributed by atoms with Crippen molar-refractivity contribution in [3.63, 3.8) is 0 Å². The number of pyridine rings is 2. The van der Waals surface area contributed by atoms with Gasteiger partial charge in [-0.1, -0.05) is 0 Å². The van der Waals surface area contributed by atoms with Gasteiger partial charge in [-0.2, -0.15) is 5.10 Å². The van der Waals surface area contributed by atoms with Crippen LogP contribution in [0.2, 0.25) is 0 Å². The number of nitrogens with one attached hydrogen (secondary N) is 1. The van der Waals surface area contributed by atoms with Gasteiger partial charge in [-0.05, 0) is 51.0 Å². The van der Waals surface area contributed by atoms with E-state index in [1.807, 2.05) is 57.3 Å². The summed E-state index contributed by atoms with van der Waals surface area (Å²) in [5, 5.41) is 7.84. The van der Waals surface area contributed by atoms with Gasteiger partial charge in [-0.25, -0.2) is 22.9 Å². The Morgan fingerprint density at radius 3 is 2.71 bits per heavy atom. The molecule has 5 rings (SSSR count). The minimum atomic E-state index is -2.94. The second kappa shape index (κ2) is 8.68. The summed E-state index contributed by atoms with van der Waals surface area (Å²) in [7, 11) is -2.94. The molecule has 5 heterocycles. The molecule has 0 radical (unpaired) electrons. The molecule has 1 saturated heterocycles. The number of rotatable bonds is 6. The lowest BCUT2D eigenvalue weighted by Gasteiger charge is -2.14. The van der Waals surface area contributed by atoms with Crippen LogP contribution in [0.5, 0.6) is 5.75 Å². The molecule has 10 heteroatoms. The molecule has 4 aromatic heterocycles. The number of hydrogen-bond donors (Lipinski definition) is 1. The van der Waals surface area contributed by atoms with Crippen molar-refractivity contribution in [2.75, 3.05) is 23.4 Å². The molecule has 1 fully saturated rings. The molecular weight excluding hydrogens is 452 g/mol. The van der Waals surface area contributed by atoms with Crippen molar-refractivity contribution < 1.29 is 13.2 Å². The first-order valence-electron chi connectivity index (χ1n) is 11.1. The van der Waals surface area contributed by atoms with E-state index in [9.17, 15) is 8.42 Å². The lowest BCUT2D eigenvalue weighted by molar-refractivity contribution is 0.263. The van der Waals surface area contributed by atoms with Crippen molar-refractivity contribution in [3.8, 4) is 16.9 Å². The highest BCUT2D eigenvalue weighted by Crippen LogP contribution is 2.32. The average Bonchev–Trinajstić information content (AvgIpc) is 3.33. The first kappa shape index (κ1) is 22.3. The van der Waals surface area contributed by atoms with E-state index >= 15 is 0 Å². The number of ether oxygens (including phenoxy) is 1. The van der Waals surface area contributed by atoms with Crippen molar-refractivity contribution in [2.45, 2.75) is 27.2 Å². The molecule has 34 heavy (non-hydrogen) atoms. The Morgan fingerprint density at radius 2 is 1.94 bits per heavy atom. The Kier molecular flexibility index (Phi) is 5.68. The molecule has 1 unspecified atom stereocenters. The third-order valence-electron chi connectivity index (χ3n) is 5.80. The highest BCUT2D eigenvalue weighted by atomic mass is 32.2. The van der Waals surface area contributed by atoms with Gasteiger partial charge in [0.1, 0.15) is 17.4 Å². The molecule has 0 spiro atoms. The predicted molar refractivity (Wildman–Crippen MR) is 130 cm³/mol. The Balaban J connectivity index is 1.41. The Morgan fingerprint density at radius 1 is 1.09 bits per heavy atom. The third-order valence-corrected chi connectivity index (χ3v) is 7.64. The molecule has 1 aliphatic rings. The summed E-state index contributed by atoms with van der Waals surface area (Å²) < 4.78 is 31.4. The summed E-state index contributed by atoms with van der Waals surface area (Å²) in [4.78, 5) is 13.1. The summed E-state index contributed by atoms with van der Waals surface area (Å²) in [5.41, 5.74) is 4.54. The molecule has 0 saturated carbocycles. The third kappa shape index (κ3) is 4.86. The number of hydrogen-bond acceptors (Lipinski definition) is 8. The summed E-state index contributed by atoms with van der Waals surface area (Å²) in [5.74, 6) is 3.16. The van der Waals surface area contributed by atoms with Crippen LogP contribution in [-0.2, 0) is 9.84 Å². The maximum atomic E-state index is 11.8. The molecule has 0 aromatic carbocycles. The molecule has 1 aliphatic heterocycles. The molecule has 1 atom stereocenters. The molecule has 0 bridgehead atoms. The molecule has 4 aromatic rings. The SMILES string of the molecule is Cc1cc(-c2ccn3nc(Nc4cc(C)nc(C)n4)cc3c2)c(OCC2CCS(=O)(=O)C2)cn1. The van der Waals surface area contributed by atoms with Gasteiger partial charge < -0.3 is 10.1 Å². The maximum absolute atomic E-state index is 11.8. The molecule has 176 valence electrons. The zero-order valence-electron chi connectivity index (χ0n) is 19.3. The van der Waals surface area contributed by atoms with Crippen LogP contribution in [0.15, 0.2) is 42.7 Å². The van der Waals surface area contributed by atoms with E-state index in [1.54, 1.807) is 10.7 Å². The quantitative estimate of drug-likeness (QED) is 0.447. The minimum Gasteiger partial charge on any atom is -0.491 e. The van der Waals surface area contributed by atoms with Crippen molar-refractivity contribution in [1.82, 2.24) is 24.6 Å². The second-order valence-corrected chi connectivity index (χ2v) is 11.0. The first-order valence-corrected chi connectivity index (χ1v) is 13.0. The number of sulfone groups is 1. The minimum absolute atomic E-state index is 0.0131. The summed E-state index contributed by atoms with van der Waals surface area (Å²) in [6.07, 6.45) is 4.25. The van der Waals surface area contributed by atoms with Gasteiger partial charge in [0.15, 0.2) is 15.7 Å². The van der Waals surface area contributed by atoms with Crippen molar-refractivity contribution in [1.29, 1.82) is 0 Å². The summed E-state index contributed by atoms with van der Waals surface area (Å²) in [6, 6.07) is 9.82. The van der Waals surface area contributed by atoms with Crippen LogP contribution in [0.3, 0.4) is 0 Å². The largest absolute Gasteiger partial charge is 0.491 e. The lowest BCUT2D eigenvalue weighted by Crippen LogP contribution is -2.14. The van der Waals surface area contributed by atoms with Crippen molar-refractivity contribution in [3.05, 3.63) is 59.9 Å². The number of aryl methyl sites for hydroxylation is 3. The maximum Gasteiger partial charge on any atom is 0.154 e. The van der Waals surface area contributed by atoms with Gasteiger partial charge in [0.05, 0.1) is 29.8 Å². The predicted octanol–water partition coefficient (Wildman–Crippen LogP) is 3.67. The van der Waals surface area contributed by atoms with Gasteiger partial charge in [0.2, 0.25) is 0 Å². The standard InChI is InChI=1S/C24H26N6O3S/c1-15-8-21(22(12-25-15)33-13-18-5-7-34(31,32)14-18)19-4-6-30-20(10-19)11-24(29-30)28-23-9-16(2)26-17(3)27-23/h4,6,8-12,18H,5,7,13-14H2,1-3H3,(H,26,27,28,29). The van der Waals surface area contributed by atoms with E-state index in [0.29, 0.717) is 36.2 Å². The van der Waals surface area contributed by atoms with Crippen LogP contribution in [0.1, 0.15) is 23.6 Å². The van der Waals surface area contributed by atoms with Gasteiger partial charge in [0.25, 0.3) is 0 Å². The fourth-order valence-electron chi connectivity index (χ4n) is 4.23. The number of fused-ring (bicyclic) bond motifs is 1. The monoisotopic (exact) mass is 478 g/mol. The fraction of sp³-hybridized carbons (Fsp3) is 0.333. The van der Waals surface area contributed by atoms with Crippen LogP contribution in [0.25, 0.3) is 16.6 Å². The normalized spacial score (nSPS) is 17.2. The summed E-state index contributed by atoms with van der Waals surface area (Å²) in [6.45, 7) is 6.08. The molecule has 0 aliphatic carbocycles. The van der Waals surface area contributed by atoms with Crippen molar-refractivity contribution in [2.24, 2.45) is 5.92 Å². The average molecular weight is 479 g/mol. The first-order chi connectivity index (χ1) is 16.2. The lowest BCUT2D eigenvalue weighted by atomic mass is 10.1. The van der Waals surface area contributed by atoms with Crippen LogP contribution in [0, 0.1) is 26.7 Å². The number of nitrogens with zero attached hydrogens (tertiary/aromatic N) is 5. The van der Waals surface area contributed by atoms with Crippen LogP contribution in [-0.4, -0.2) is 51.1 Å². The van der Waals surface area contributed by atoms with Gasteiger partial charge in [0, 0.05) is 41.2 Å². The zero-order chi connectivity index (χ0) is 23.9. The molecule has 9 nitrogen and oxygen atoms in total. The van der Waals surface area contributed by atoms with E-state index in [1.165, 1.54) is 0 Å². The van der Waals surface area contributed by atoms with Gasteiger partial charge >= 0.3 is 0 Å². The smallest absolute Gasteiger partial charge is 0.154 e. The number of anilines is 2. The highest BCUT2D eigenvalue weighted by molar-refractivity contribution is 7.91. The molecule has 1 N–H and O–H groups in total. The molecular formula is C24H26N6O3S. The van der Waals surface area contributed by atoms with E-state index in [2.05, 4.69) is 25.4 Å². The van der Waals surface area contributed by atoms with Crippen LogP contribution < -0.4 is 10.1 Å². The van der Waals surface area contributed by atoms with E-state index in [-0.39, 0.29) is 17.4 Å². The zero-order valence-corrected chi connectivity index (χ0v) is 20.1. The summed E-state index contributed by atoms with van der Waals surface area (Å²) >= 11 is 0. The highest BCUT2D eigenvalue weighted by Gasteiger charge is 2.28. The Labute approximate surface area is 198 Å². The second-order valence-electron chi connectivity index (χ2n) is 8.78. The van der Waals surface area contributed by atoms with E-state index in [0.717, 1.165) is 28.0 Å². The van der Waals surface area contributed by atoms with E-state index in [4.69, 9.17) is 4.74 Å². The van der Waals surface area contributed by atoms with Gasteiger partial charge in [-0.15, -0.1) is 0 Å². The number of aromatic nitrogens is 5. The molecule has 0 amide bonds.